The first-order valence-electron chi connectivity index (χ1n) is 10.6. The van der Waals surface area contributed by atoms with Crippen LogP contribution in [0.25, 0.3) is 0 Å². The molecule has 1 saturated heterocycles. The Morgan fingerprint density at radius 1 is 1.13 bits per heavy atom. The second kappa shape index (κ2) is 9.16. The molecule has 1 atom stereocenters. The summed E-state index contributed by atoms with van der Waals surface area (Å²) in [5, 5.41) is 0. The molecule has 5 heteroatoms. The molecule has 1 aliphatic heterocycles. The fraction of sp³-hybridized carbons (Fsp3) is 0.360. The summed E-state index contributed by atoms with van der Waals surface area (Å²) in [6, 6.07) is 18.2. The average molecular weight is 404 g/mol. The number of imidazole rings is 1. The van der Waals surface area contributed by atoms with Crippen molar-refractivity contribution in [1.82, 2.24) is 14.5 Å². The zero-order valence-electron chi connectivity index (χ0n) is 17.8. The van der Waals surface area contributed by atoms with Gasteiger partial charge in [-0.2, -0.15) is 0 Å². The Bertz CT molecular complexity index is 997. The van der Waals surface area contributed by atoms with Crippen molar-refractivity contribution in [2.45, 2.75) is 32.7 Å². The highest BCUT2D eigenvalue weighted by atomic mass is 16.5. The van der Waals surface area contributed by atoms with Crippen LogP contribution in [-0.4, -0.2) is 40.6 Å². The van der Waals surface area contributed by atoms with Gasteiger partial charge in [-0.15, -0.1) is 0 Å². The van der Waals surface area contributed by atoms with Crippen LogP contribution in [0.3, 0.4) is 0 Å². The molecular formula is C25H29N3O2. The Morgan fingerprint density at radius 3 is 2.73 bits per heavy atom. The minimum atomic E-state index is 0.189. The van der Waals surface area contributed by atoms with Crippen molar-refractivity contribution >= 4 is 5.91 Å². The van der Waals surface area contributed by atoms with Gasteiger partial charge in [-0.25, -0.2) is 4.98 Å². The maximum absolute atomic E-state index is 12.8. The quantitative estimate of drug-likeness (QED) is 0.601. The largest absolute Gasteiger partial charge is 0.497 e. The van der Waals surface area contributed by atoms with Crippen molar-refractivity contribution in [2.75, 3.05) is 20.2 Å². The van der Waals surface area contributed by atoms with Gasteiger partial charge < -0.3 is 14.2 Å². The minimum Gasteiger partial charge on any atom is -0.497 e. The molecule has 30 heavy (non-hydrogen) atoms. The minimum absolute atomic E-state index is 0.189. The number of nitrogens with zero attached hydrogens (tertiary/aromatic N) is 3. The summed E-state index contributed by atoms with van der Waals surface area (Å²) in [4.78, 5) is 19.5. The zero-order chi connectivity index (χ0) is 20.9. The van der Waals surface area contributed by atoms with Gasteiger partial charge in [0.25, 0.3) is 0 Å². The van der Waals surface area contributed by atoms with E-state index < -0.39 is 0 Å². The fourth-order valence-electron chi connectivity index (χ4n) is 4.21. The van der Waals surface area contributed by atoms with Crippen LogP contribution in [0.15, 0.2) is 60.8 Å². The smallest absolute Gasteiger partial charge is 0.227 e. The van der Waals surface area contributed by atoms with E-state index in [2.05, 4.69) is 40.7 Å². The van der Waals surface area contributed by atoms with E-state index in [4.69, 9.17) is 4.74 Å². The molecule has 1 aliphatic rings. The molecule has 0 radical (unpaired) electrons. The molecule has 1 unspecified atom stereocenters. The van der Waals surface area contributed by atoms with E-state index in [1.807, 2.05) is 41.4 Å². The number of carbonyl (C=O) groups is 1. The van der Waals surface area contributed by atoms with Gasteiger partial charge in [-0.05, 0) is 42.5 Å². The Kier molecular flexibility index (Phi) is 6.17. The molecule has 156 valence electrons. The van der Waals surface area contributed by atoms with E-state index in [1.54, 1.807) is 7.11 Å². The van der Waals surface area contributed by atoms with Crippen molar-refractivity contribution in [1.29, 1.82) is 0 Å². The predicted molar refractivity (Wildman–Crippen MR) is 118 cm³/mol. The van der Waals surface area contributed by atoms with E-state index >= 15 is 0 Å². The van der Waals surface area contributed by atoms with Crippen LogP contribution in [0, 0.1) is 12.8 Å². The molecule has 1 aromatic heterocycles. The lowest BCUT2D eigenvalue weighted by atomic mass is 10.0. The molecule has 4 rings (SSSR count). The van der Waals surface area contributed by atoms with E-state index in [9.17, 15) is 4.79 Å². The molecule has 1 amide bonds. The number of likely N-dealkylation sites (tertiary alicyclic amines) is 1. The molecule has 2 heterocycles. The second-order valence-corrected chi connectivity index (χ2v) is 8.11. The van der Waals surface area contributed by atoms with E-state index in [0.717, 1.165) is 49.6 Å². The standard InChI is InChI=1S/C25H29N3O2/c1-19-16-26-24(28(19)18-20-7-4-3-5-8-20)14-22-11-12-27(17-22)25(29)15-21-9-6-10-23(13-21)30-2/h3-10,13,16,22H,11-12,14-15,17-18H2,1-2H3. The van der Waals surface area contributed by atoms with Gasteiger partial charge in [0.15, 0.2) is 0 Å². The summed E-state index contributed by atoms with van der Waals surface area (Å²) in [7, 11) is 1.65. The van der Waals surface area contributed by atoms with Crippen molar-refractivity contribution in [3.63, 3.8) is 0 Å². The third-order valence-corrected chi connectivity index (χ3v) is 5.92. The number of rotatable bonds is 7. The molecule has 2 aromatic carbocycles. The Labute approximate surface area is 178 Å². The first-order valence-corrected chi connectivity index (χ1v) is 10.6. The summed E-state index contributed by atoms with van der Waals surface area (Å²) in [5.74, 6) is 2.55. The predicted octanol–water partition coefficient (Wildman–Crippen LogP) is 3.88. The van der Waals surface area contributed by atoms with Crippen molar-refractivity contribution in [3.8, 4) is 5.75 Å². The van der Waals surface area contributed by atoms with Gasteiger partial charge in [-0.3, -0.25) is 4.79 Å². The number of carbonyl (C=O) groups excluding carboxylic acids is 1. The van der Waals surface area contributed by atoms with Gasteiger partial charge in [0, 0.05) is 37.9 Å². The monoisotopic (exact) mass is 403 g/mol. The van der Waals surface area contributed by atoms with Gasteiger partial charge in [-0.1, -0.05) is 42.5 Å². The molecular weight excluding hydrogens is 374 g/mol. The lowest BCUT2D eigenvalue weighted by molar-refractivity contribution is -0.129. The van der Waals surface area contributed by atoms with E-state index in [-0.39, 0.29) is 5.91 Å². The first kappa shape index (κ1) is 20.2. The van der Waals surface area contributed by atoms with Crippen molar-refractivity contribution < 1.29 is 9.53 Å². The SMILES string of the molecule is COc1cccc(CC(=O)N2CCC(Cc3ncc(C)n3Cc3ccccc3)C2)c1. The average Bonchev–Trinajstić information content (AvgIpc) is 3.37. The van der Waals surface area contributed by atoms with Crippen LogP contribution in [0.4, 0.5) is 0 Å². The number of benzene rings is 2. The van der Waals surface area contributed by atoms with Gasteiger partial charge in [0.2, 0.25) is 5.91 Å². The summed E-state index contributed by atoms with van der Waals surface area (Å²) in [6.45, 7) is 4.58. The third kappa shape index (κ3) is 4.73. The maximum atomic E-state index is 12.8. The van der Waals surface area contributed by atoms with E-state index in [0.29, 0.717) is 12.3 Å². The Balaban J connectivity index is 1.37. The van der Waals surface area contributed by atoms with Crippen LogP contribution in [0.1, 0.15) is 29.1 Å². The van der Waals surface area contributed by atoms with E-state index in [1.165, 1.54) is 11.3 Å². The number of aromatic nitrogens is 2. The zero-order valence-corrected chi connectivity index (χ0v) is 17.8. The number of methoxy groups -OCH3 is 1. The third-order valence-electron chi connectivity index (χ3n) is 5.92. The Morgan fingerprint density at radius 2 is 1.93 bits per heavy atom. The van der Waals surface area contributed by atoms with Gasteiger partial charge >= 0.3 is 0 Å². The number of ether oxygens (including phenoxy) is 1. The maximum Gasteiger partial charge on any atom is 0.227 e. The molecule has 0 bridgehead atoms. The number of aryl methyl sites for hydroxylation is 1. The summed E-state index contributed by atoms with van der Waals surface area (Å²) in [5.41, 5.74) is 3.45. The number of hydrogen-bond acceptors (Lipinski definition) is 3. The van der Waals surface area contributed by atoms with Crippen molar-refractivity contribution in [3.05, 3.63) is 83.4 Å². The summed E-state index contributed by atoms with van der Waals surface area (Å²) >= 11 is 0. The molecule has 1 fully saturated rings. The lowest BCUT2D eigenvalue weighted by Crippen LogP contribution is -2.30. The normalized spacial score (nSPS) is 16.1. The molecule has 0 N–H and O–H groups in total. The van der Waals surface area contributed by atoms with Gasteiger partial charge in [0.05, 0.1) is 13.5 Å². The van der Waals surface area contributed by atoms with Crippen LogP contribution in [0.2, 0.25) is 0 Å². The molecule has 0 aliphatic carbocycles. The highest BCUT2D eigenvalue weighted by Crippen LogP contribution is 2.23. The molecule has 0 saturated carbocycles. The highest BCUT2D eigenvalue weighted by molar-refractivity contribution is 5.79. The fourth-order valence-corrected chi connectivity index (χ4v) is 4.21. The molecule has 0 spiro atoms. The first-order chi connectivity index (χ1) is 14.6. The van der Waals surface area contributed by atoms with Gasteiger partial charge in [0.1, 0.15) is 11.6 Å². The molecule has 3 aromatic rings. The number of hydrogen-bond donors (Lipinski definition) is 0. The highest BCUT2D eigenvalue weighted by Gasteiger charge is 2.27. The van der Waals surface area contributed by atoms with Crippen LogP contribution < -0.4 is 4.74 Å². The van der Waals surface area contributed by atoms with Crippen molar-refractivity contribution in [2.24, 2.45) is 5.92 Å². The second-order valence-electron chi connectivity index (χ2n) is 8.11. The lowest BCUT2D eigenvalue weighted by Gasteiger charge is -2.17. The van der Waals surface area contributed by atoms with Crippen LogP contribution in [0.5, 0.6) is 5.75 Å². The molecule has 5 nitrogen and oxygen atoms in total. The van der Waals surface area contributed by atoms with Crippen LogP contribution in [-0.2, 0) is 24.2 Å². The topological polar surface area (TPSA) is 47.4 Å². The van der Waals surface area contributed by atoms with Crippen LogP contribution >= 0.6 is 0 Å². The summed E-state index contributed by atoms with van der Waals surface area (Å²) < 4.78 is 7.57. The summed E-state index contributed by atoms with van der Waals surface area (Å²) in [6.07, 6.45) is 4.31. The number of amides is 1. The Hall–Kier alpha value is -3.08.